The Morgan fingerprint density at radius 2 is 2.13 bits per heavy atom. The summed E-state index contributed by atoms with van der Waals surface area (Å²) in [7, 11) is 0. The van der Waals surface area contributed by atoms with Gasteiger partial charge in [-0.25, -0.2) is 9.97 Å². The fourth-order valence-corrected chi connectivity index (χ4v) is 2.04. The third-order valence-electron chi connectivity index (χ3n) is 3.26. The average Bonchev–Trinajstić information content (AvgIpc) is 2.97. The maximum absolute atomic E-state index is 4.57. The second kappa shape index (κ2) is 3.05. The minimum Gasteiger partial charge on any atom is -0.340 e. The first kappa shape index (κ1) is 8.89. The highest BCUT2D eigenvalue weighted by atomic mass is 15.0. The van der Waals surface area contributed by atoms with Crippen molar-refractivity contribution in [1.82, 2.24) is 15.0 Å². The van der Waals surface area contributed by atoms with Crippen molar-refractivity contribution in [3.05, 3.63) is 23.7 Å². The van der Waals surface area contributed by atoms with E-state index in [-0.39, 0.29) is 0 Å². The predicted molar refractivity (Wildman–Crippen MR) is 59.8 cm³/mol. The molecule has 1 N–H and O–H groups in total. The monoisotopic (exact) mass is 201 g/mol. The van der Waals surface area contributed by atoms with E-state index in [9.17, 15) is 0 Å². The van der Waals surface area contributed by atoms with Crippen LogP contribution in [0.3, 0.4) is 0 Å². The Labute approximate surface area is 88.9 Å². The molecule has 3 heteroatoms. The first-order valence-corrected chi connectivity index (χ1v) is 5.57. The van der Waals surface area contributed by atoms with Gasteiger partial charge >= 0.3 is 0 Å². The van der Waals surface area contributed by atoms with Crippen molar-refractivity contribution in [3.8, 4) is 0 Å². The van der Waals surface area contributed by atoms with E-state index in [1.165, 1.54) is 12.8 Å². The molecular formula is C12H15N3. The number of aromatic amines is 1. The minimum atomic E-state index is 0.555. The first-order chi connectivity index (χ1) is 7.24. The van der Waals surface area contributed by atoms with E-state index in [1.807, 2.05) is 13.0 Å². The van der Waals surface area contributed by atoms with Crippen LogP contribution in [0.5, 0.6) is 0 Å². The summed E-state index contributed by atoms with van der Waals surface area (Å²) in [4.78, 5) is 12.4. The van der Waals surface area contributed by atoms with Crippen molar-refractivity contribution in [1.29, 1.82) is 0 Å². The first-order valence-electron chi connectivity index (χ1n) is 5.57. The van der Waals surface area contributed by atoms with Crippen molar-refractivity contribution >= 4 is 11.2 Å². The Hall–Kier alpha value is -1.38. The third kappa shape index (κ3) is 1.52. The summed E-state index contributed by atoms with van der Waals surface area (Å²) in [5.41, 5.74) is 2.94. The van der Waals surface area contributed by atoms with Crippen LogP contribution in [-0.4, -0.2) is 15.0 Å². The highest BCUT2D eigenvalue weighted by Crippen LogP contribution is 2.41. The normalized spacial score (nSPS) is 18.3. The summed E-state index contributed by atoms with van der Waals surface area (Å²) >= 11 is 0. The van der Waals surface area contributed by atoms with Crippen LogP contribution in [0.1, 0.15) is 37.2 Å². The number of rotatable bonds is 2. The Morgan fingerprint density at radius 1 is 1.33 bits per heavy atom. The zero-order chi connectivity index (χ0) is 10.4. The summed E-state index contributed by atoms with van der Waals surface area (Å²) in [6, 6.07) is 4.08. The summed E-state index contributed by atoms with van der Waals surface area (Å²) < 4.78 is 0. The molecule has 1 unspecified atom stereocenters. The summed E-state index contributed by atoms with van der Waals surface area (Å²) in [5, 5.41) is 0. The Bertz CT molecular complexity index is 497. The maximum atomic E-state index is 4.57. The van der Waals surface area contributed by atoms with E-state index >= 15 is 0 Å². The van der Waals surface area contributed by atoms with E-state index in [0.717, 1.165) is 28.6 Å². The molecule has 2 heterocycles. The van der Waals surface area contributed by atoms with Crippen molar-refractivity contribution in [3.63, 3.8) is 0 Å². The van der Waals surface area contributed by atoms with Gasteiger partial charge in [-0.1, -0.05) is 6.92 Å². The Morgan fingerprint density at radius 3 is 2.87 bits per heavy atom. The molecule has 0 aromatic carbocycles. The molecule has 0 saturated heterocycles. The van der Waals surface area contributed by atoms with E-state index in [2.05, 4.69) is 27.9 Å². The number of hydrogen-bond donors (Lipinski definition) is 1. The summed E-state index contributed by atoms with van der Waals surface area (Å²) in [6.45, 7) is 4.25. The second-order valence-electron chi connectivity index (χ2n) is 4.57. The Kier molecular flexibility index (Phi) is 1.81. The lowest BCUT2D eigenvalue weighted by Crippen LogP contribution is -1.97. The molecule has 1 aliphatic carbocycles. The fourth-order valence-electron chi connectivity index (χ4n) is 2.04. The molecule has 1 saturated carbocycles. The van der Waals surface area contributed by atoms with E-state index in [1.54, 1.807) is 0 Å². The number of fused-ring (bicyclic) bond motifs is 1. The number of hydrogen-bond acceptors (Lipinski definition) is 2. The molecule has 0 bridgehead atoms. The number of nitrogens with zero attached hydrogens (tertiary/aromatic N) is 2. The van der Waals surface area contributed by atoms with Crippen LogP contribution >= 0.6 is 0 Å². The van der Waals surface area contributed by atoms with Crippen LogP contribution in [0.25, 0.3) is 11.2 Å². The van der Waals surface area contributed by atoms with Gasteiger partial charge in [-0.3, -0.25) is 0 Å². The zero-order valence-corrected chi connectivity index (χ0v) is 9.12. The number of imidazole rings is 1. The Balaban J connectivity index is 2.05. The maximum Gasteiger partial charge on any atom is 0.177 e. The van der Waals surface area contributed by atoms with Gasteiger partial charge in [-0.05, 0) is 37.8 Å². The van der Waals surface area contributed by atoms with Crippen LogP contribution in [-0.2, 0) is 0 Å². The van der Waals surface area contributed by atoms with Gasteiger partial charge in [-0.15, -0.1) is 0 Å². The number of pyridine rings is 1. The van der Waals surface area contributed by atoms with Gasteiger partial charge in [0.05, 0.1) is 5.52 Å². The summed E-state index contributed by atoms with van der Waals surface area (Å²) in [5.74, 6) is 2.50. The predicted octanol–water partition coefficient (Wildman–Crippen LogP) is 2.78. The number of aromatic nitrogens is 3. The smallest absolute Gasteiger partial charge is 0.177 e. The molecule has 3 nitrogen and oxygen atoms in total. The van der Waals surface area contributed by atoms with E-state index in [4.69, 9.17) is 0 Å². The molecule has 0 spiro atoms. The van der Waals surface area contributed by atoms with Crippen molar-refractivity contribution in [2.75, 3.05) is 0 Å². The molecule has 1 fully saturated rings. The van der Waals surface area contributed by atoms with Crippen molar-refractivity contribution < 1.29 is 0 Å². The van der Waals surface area contributed by atoms with Gasteiger partial charge in [0, 0.05) is 11.6 Å². The lowest BCUT2D eigenvalue weighted by Gasteiger charge is -2.03. The van der Waals surface area contributed by atoms with Crippen LogP contribution in [0.2, 0.25) is 0 Å². The fraction of sp³-hybridized carbons (Fsp3) is 0.500. The second-order valence-corrected chi connectivity index (χ2v) is 4.57. The average molecular weight is 201 g/mol. The van der Waals surface area contributed by atoms with Crippen molar-refractivity contribution in [2.45, 2.75) is 32.6 Å². The largest absolute Gasteiger partial charge is 0.340 e. The molecule has 0 aliphatic heterocycles. The lowest BCUT2D eigenvalue weighted by atomic mass is 10.1. The van der Waals surface area contributed by atoms with Crippen LogP contribution < -0.4 is 0 Å². The quantitative estimate of drug-likeness (QED) is 0.811. The topological polar surface area (TPSA) is 41.6 Å². The molecule has 15 heavy (non-hydrogen) atoms. The van der Waals surface area contributed by atoms with E-state index in [0.29, 0.717) is 5.92 Å². The third-order valence-corrected chi connectivity index (χ3v) is 3.26. The zero-order valence-electron chi connectivity index (χ0n) is 9.12. The lowest BCUT2D eigenvalue weighted by molar-refractivity contribution is 0.630. The van der Waals surface area contributed by atoms with Crippen LogP contribution in [0, 0.1) is 12.8 Å². The van der Waals surface area contributed by atoms with Crippen molar-refractivity contribution in [2.24, 2.45) is 5.92 Å². The number of nitrogens with one attached hydrogen (secondary N) is 1. The highest BCUT2D eigenvalue weighted by molar-refractivity contribution is 5.70. The van der Waals surface area contributed by atoms with Gasteiger partial charge < -0.3 is 4.98 Å². The molecule has 78 valence electrons. The molecule has 3 rings (SSSR count). The SMILES string of the molecule is Cc1ccc2[nH]c(C(C)C3CC3)nc2n1. The minimum absolute atomic E-state index is 0.555. The summed E-state index contributed by atoms with van der Waals surface area (Å²) in [6.07, 6.45) is 2.70. The molecule has 2 aromatic rings. The standard InChI is InChI=1S/C12H15N3/c1-7-3-6-10-12(13-7)15-11(14-10)8(2)9-4-5-9/h3,6,8-9H,4-5H2,1-2H3,(H,13,14,15). The molecule has 1 atom stereocenters. The van der Waals surface area contributed by atoms with Crippen LogP contribution in [0.15, 0.2) is 12.1 Å². The van der Waals surface area contributed by atoms with Gasteiger partial charge in [-0.2, -0.15) is 0 Å². The highest BCUT2D eigenvalue weighted by Gasteiger charge is 2.30. The van der Waals surface area contributed by atoms with Gasteiger partial charge in [0.2, 0.25) is 0 Å². The number of aryl methyl sites for hydroxylation is 1. The van der Waals surface area contributed by atoms with Gasteiger partial charge in [0.1, 0.15) is 5.82 Å². The molecule has 1 aliphatic rings. The number of H-pyrrole nitrogens is 1. The van der Waals surface area contributed by atoms with Gasteiger partial charge in [0.15, 0.2) is 5.65 Å². The molecule has 2 aromatic heterocycles. The molecule has 0 radical (unpaired) electrons. The molecular weight excluding hydrogens is 186 g/mol. The molecule has 0 amide bonds. The van der Waals surface area contributed by atoms with Crippen LogP contribution in [0.4, 0.5) is 0 Å². The van der Waals surface area contributed by atoms with Gasteiger partial charge in [0.25, 0.3) is 0 Å². The van der Waals surface area contributed by atoms with E-state index < -0.39 is 0 Å².